The van der Waals surface area contributed by atoms with Crippen LogP contribution in [0.5, 0.6) is 5.75 Å². The first-order chi connectivity index (χ1) is 15.5. The highest BCUT2D eigenvalue weighted by Crippen LogP contribution is 2.36. The lowest BCUT2D eigenvalue weighted by Gasteiger charge is -2.14. The summed E-state index contributed by atoms with van der Waals surface area (Å²) < 4.78 is 27.1. The molecule has 8 heteroatoms. The van der Waals surface area contributed by atoms with E-state index in [2.05, 4.69) is 5.32 Å². The van der Waals surface area contributed by atoms with E-state index in [0.29, 0.717) is 39.2 Å². The summed E-state index contributed by atoms with van der Waals surface area (Å²) in [6, 6.07) is 14.3. The number of nitrogens with one attached hydrogen (secondary N) is 1. The van der Waals surface area contributed by atoms with Gasteiger partial charge in [-0.05, 0) is 36.4 Å². The van der Waals surface area contributed by atoms with Crippen LogP contribution in [0.25, 0.3) is 33.3 Å². The standard InChI is InChI=1S/C24H23NO7/c1-28-15-10-8-14(9-11-15)22-17(12-19(26)25-13-20(29-2)30-3)21-23(32-22)16-6-4-5-7-18(16)31-24(21)27/h4-11,20H,12-13H2,1-3H3,(H,25,26). The molecule has 0 fully saturated rings. The molecule has 8 nitrogen and oxygen atoms in total. The third-order valence-corrected chi connectivity index (χ3v) is 5.23. The minimum atomic E-state index is -0.574. The van der Waals surface area contributed by atoms with Crippen molar-refractivity contribution in [3.05, 3.63) is 64.5 Å². The summed E-state index contributed by atoms with van der Waals surface area (Å²) in [6.45, 7) is 0.164. The van der Waals surface area contributed by atoms with E-state index in [0.717, 1.165) is 0 Å². The molecular formula is C24H23NO7. The van der Waals surface area contributed by atoms with Crippen molar-refractivity contribution in [2.45, 2.75) is 12.7 Å². The van der Waals surface area contributed by atoms with Crippen LogP contribution in [0.3, 0.4) is 0 Å². The van der Waals surface area contributed by atoms with E-state index < -0.39 is 11.9 Å². The smallest absolute Gasteiger partial charge is 0.347 e. The Hall–Kier alpha value is -3.62. The number of ether oxygens (including phenoxy) is 3. The lowest BCUT2D eigenvalue weighted by molar-refractivity contribution is -0.126. The Labute approximate surface area is 183 Å². The summed E-state index contributed by atoms with van der Waals surface area (Å²) in [5.41, 5.74) is 1.40. The summed E-state index contributed by atoms with van der Waals surface area (Å²) in [5.74, 6) is 0.796. The second-order valence-electron chi connectivity index (χ2n) is 7.11. The molecule has 0 aliphatic heterocycles. The number of carbonyl (C=O) groups excluding carboxylic acids is 1. The number of furan rings is 1. The number of rotatable bonds is 8. The fourth-order valence-corrected chi connectivity index (χ4v) is 3.59. The van der Waals surface area contributed by atoms with Crippen molar-refractivity contribution in [1.29, 1.82) is 0 Å². The van der Waals surface area contributed by atoms with E-state index in [4.69, 9.17) is 23.0 Å². The van der Waals surface area contributed by atoms with Crippen molar-refractivity contribution in [3.8, 4) is 17.1 Å². The van der Waals surface area contributed by atoms with Crippen LogP contribution in [-0.4, -0.2) is 40.1 Å². The summed E-state index contributed by atoms with van der Waals surface area (Å²) in [5, 5.41) is 3.66. The van der Waals surface area contributed by atoms with Gasteiger partial charge >= 0.3 is 5.63 Å². The maximum Gasteiger partial charge on any atom is 0.347 e. The van der Waals surface area contributed by atoms with Gasteiger partial charge in [-0.1, -0.05) is 12.1 Å². The monoisotopic (exact) mass is 437 g/mol. The Bertz CT molecular complexity index is 1300. The third kappa shape index (κ3) is 4.10. The van der Waals surface area contributed by atoms with Crippen molar-refractivity contribution < 1.29 is 27.8 Å². The molecule has 0 aliphatic carbocycles. The zero-order chi connectivity index (χ0) is 22.7. The number of para-hydroxylation sites is 1. The van der Waals surface area contributed by atoms with Crippen molar-refractivity contribution >= 4 is 27.8 Å². The van der Waals surface area contributed by atoms with Crippen LogP contribution in [0.1, 0.15) is 5.56 Å². The zero-order valence-corrected chi connectivity index (χ0v) is 18.0. The van der Waals surface area contributed by atoms with Crippen LogP contribution in [0.15, 0.2) is 62.2 Å². The molecule has 2 heterocycles. The Morgan fingerprint density at radius 3 is 2.41 bits per heavy atom. The van der Waals surface area contributed by atoms with E-state index in [1.807, 2.05) is 24.3 Å². The Kier molecular flexibility index (Phi) is 6.25. The SMILES string of the molecule is COc1ccc(-c2oc3c(c2CC(=O)NCC(OC)OC)c(=O)oc2ccccc23)cc1. The lowest BCUT2D eigenvalue weighted by atomic mass is 10.0. The number of benzene rings is 2. The van der Waals surface area contributed by atoms with Crippen LogP contribution >= 0.6 is 0 Å². The molecule has 0 atom stereocenters. The fraction of sp³-hybridized carbons (Fsp3) is 0.250. The van der Waals surface area contributed by atoms with Crippen molar-refractivity contribution in [2.24, 2.45) is 0 Å². The first-order valence-corrected chi connectivity index (χ1v) is 9.99. The topological polar surface area (TPSA) is 100 Å². The summed E-state index contributed by atoms with van der Waals surface area (Å²) >= 11 is 0. The largest absolute Gasteiger partial charge is 0.497 e. The number of carbonyl (C=O) groups is 1. The van der Waals surface area contributed by atoms with Gasteiger partial charge in [0.25, 0.3) is 0 Å². The van der Waals surface area contributed by atoms with E-state index in [1.165, 1.54) is 14.2 Å². The minimum Gasteiger partial charge on any atom is -0.497 e. The normalized spacial score (nSPS) is 11.4. The summed E-state index contributed by atoms with van der Waals surface area (Å²) in [7, 11) is 4.56. The van der Waals surface area contributed by atoms with Gasteiger partial charge in [-0.2, -0.15) is 0 Å². The van der Waals surface area contributed by atoms with E-state index >= 15 is 0 Å². The van der Waals surface area contributed by atoms with Gasteiger partial charge in [-0.3, -0.25) is 4.79 Å². The van der Waals surface area contributed by atoms with Crippen molar-refractivity contribution in [2.75, 3.05) is 27.9 Å². The Morgan fingerprint density at radius 2 is 1.72 bits per heavy atom. The van der Waals surface area contributed by atoms with E-state index in [1.54, 1.807) is 31.4 Å². The van der Waals surface area contributed by atoms with Crippen LogP contribution in [0.4, 0.5) is 0 Å². The number of hydrogen-bond donors (Lipinski definition) is 1. The number of methoxy groups -OCH3 is 3. The first kappa shape index (κ1) is 21.6. The molecule has 1 N–H and O–H groups in total. The van der Waals surface area contributed by atoms with E-state index in [9.17, 15) is 9.59 Å². The molecule has 0 radical (unpaired) electrons. The predicted molar refractivity (Wildman–Crippen MR) is 119 cm³/mol. The number of hydrogen-bond acceptors (Lipinski definition) is 7. The summed E-state index contributed by atoms with van der Waals surface area (Å²) in [6.07, 6.45) is -0.660. The van der Waals surface area contributed by atoms with Crippen LogP contribution in [-0.2, 0) is 20.7 Å². The average molecular weight is 437 g/mol. The first-order valence-electron chi connectivity index (χ1n) is 9.99. The van der Waals surface area contributed by atoms with Gasteiger partial charge in [0.2, 0.25) is 5.91 Å². The fourth-order valence-electron chi connectivity index (χ4n) is 3.59. The maximum absolute atomic E-state index is 12.9. The number of fused-ring (bicyclic) bond motifs is 3. The molecule has 0 unspecified atom stereocenters. The molecule has 32 heavy (non-hydrogen) atoms. The van der Waals surface area contributed by atoms with Crippen molar-refractivity contribution in [3.63, 3.8) is 0 Å². The van der Waals surface area contributed by atoms with Crippen LogP contribution in [0, 0.1) is 0 Å². The lowest BCUT2D eigenvalue weighted by Crippen LogP contribution is -2.35. The van der Waals surface area contributed by atoms with E-state index in [-0.39, 0.29) is 24.3 Å². The van der Waals surface area contributed by atoms with Crippen molar-refractivity contribution in [1.82, 2.24) is 5.32 Å². The average Bonchev–Trinajstić information content (AvgIpc) is 3.20. The van der Waals surface area contributed by atoms with Gasteiger partial charge in [0.15, 0.2) is 11.9 Å². The second kappa shape index (κ2) is 9.25. The Morgan fingerprint density at radius 1 is 1.00 bits per heavy atom. The maximum atomic E-state index is 12.9. The second-order valence-corrected chi connectivity index (χ2v) is 7.11. The molecule has 1 amide bonds. The highest BCUT2D eigenvalue weighted by Gasteiger charge is 2.24. The molecule has 166 valence electrons. The molecule has 0 bridgehead atoms. The highest BCUT2D eigenvalue weighted by atomic mass is 16.7. The minimum absolute atomic E-state index is 0.0857. The van der Waals surface area contributed by atoms with Gasteiger partial charge in [-0.15, -0.1) is 0 Å². The molecule has 4 aromatic rings. The molecule has 0 saturated heterocycles. The van der Waals surface area contributed by atoms with Gasteiger partial charge < -0.3 is 28.4 Å². The number of amides is 1. The van der Waals surface area contributed by atoms with Gasteiger partial charge in [0, 0.05) is 25.3 Å². The molecule has 0 aliphatic rings. The summed E-state index contributed by atoms with van der Waals surface area (Å²) in [4.78, 5) is 25.6. The molecule has 4 rings (SSSR count). The van der Waals surface area contributed by atoms with Gasteiger partial charge in [0.1, 0.15) is 22.5 Å². The molecule has 0 spiro atoms. The molecule has 0 saturated carbocycles. The third-order valence-electron chi connectivity index (χ3n) is 5.23. The highest BCUT2D eigenvalue weighted by molar-refractivity contribution is 6.05. The predicted octanol–water partition coefficient (Wildman–Crippen LogP) is 3.49. The molecule has 2 aromatic carbocycles. The van der Waals surface area contributed by atoms with Gasteiger partial charge in [-0.25, -0.2) is 4.79 Å². The zero-order valence-electron chi connectivity index (χ0n) is 18.0. The molecular weight excluding hydrogens is 414 g/mol. The van der Waals surface area contributed by atoms with Crippen LogP contribution < -0.4 is 15.7 Å². The van der Waals surface area contributed by atoms with Crippen LogP contribution in [0.2, 0.25) is 0 Å². The van der Waals surface area contributed by atoms with Gasteiger partial charge in [0.05, 0.1) is 25.5 Å². The molecule has 2 aromatic heterocycles. The quantitative estimate of drug-likeness (QED) is 0.333. The Balaban J connectivity index is 1.83.